The quantitative estimate of drug-likeness (QED) is 0.557. The zero-order valence-corrected chi connectivity index (χ0v) is 20.1. The van der Waals surface area contributed by atoms with Gasteiger partial charge in [-0.3, -0.25) is 0 Å². The fraction of sp³-hybridized carbons (Fsp3) is 0.286. The van der Waals surface area contributed by atoms with Crippen LogP contribution < -0.4 is 0 Å². The predicted molar refractivity (Wildman–Crippen MR) is 122 cm³/mol. The largest absolute Gasteiger partial charge is 0.477 e. The molecule has 33 heavy (non-hydrogen) atoms. The Bertz CT molecular complexity index is 1440. The van der Waals surface area contributed by atoms with E-state index in [0.29, 0.717) is 3.97 Å². The van der Waals surface area contributed by atoms with E-state index in [2.05, 4.69) is 0 Å². The van der Waals surface area contributed by atoms with Crippen LogP contribution in [0.4, 0.5) is 0 Å². The summed E-state index contributed by atoms with van der Waals surface area (Å²) in [5, 5.41) is 10.1. The van der Waals surface area contributed by atoms with Gasteiger partial charge in [0.2, 0.25) is 10.0 Å². The summed E-state index contributed by atoms with van der Waals surface area (Å²) in [6.07, 6.45) is -0.858. The number of hydrogen-bond donors (Lipinski definition) is 1. The SMILES string of the molecule is C[C@H]1CN(S(=O)(=O)c2c(C(=O)O)n(S(=O)(=O)c3ccccc3)c3ccc(Cl)cc23)C[C@H](C)O1. The minimum Gasteiger partial charge on any atom is -0.477 e. The smallest absolute Gasteiger partial charge is 0.355 e. The molecule has 2 atom stereocenters. The Balaban J connectivity index is 2.09. The summed E-state index contributed by atoms with van der Waals surface area (Å²) >= 11 is 6.11. The van der Waals surface area contributed by atoms with Crippen molar-refractivity contribution in [2.24, 2.45) is 0 Å². The number of morpholine rings is 1. The van der Waals surface area contributed by atoms with Crippen LogP contribution in [0, 0.1) is 0 Å². The van der Waals surface area contributed by atoms with Crippen molar-refractivity contribution in [1.82, 2.24) is 8.28 Å². The van der Waals surface area contributed by atoms with Crippen LogP contribution >= 0.6 is 11.6 Å². The van der Waals surface area contributed by atoms with Crippen molar-refractivity contribution >= 4 is 48.5 Å². The van der Waals surface area contributed by atoms with E-state index >= 15 is 0 Å². The maximum Gasteiger partial charge on any atom is 0.355 e. The monoisotopic (exact) mass is 512 g/mol. The Morgan fingerprint density at radius 2 is 1.61 bits per heavy atom. The average molecular weight is 513 g/mol. The number of rotatable bonds is 5. The van der Waals surface area contributed by atoms with Crippen LogP contribution in [0.15, 0.2) is 58.3 Å². The number of benzene rings is 2. The van der Waals surface area contributed by atoms with Crippen molar-refractivity contribution in [2.45, 2.75) is 35.8 Å². The molecule has 1 aliphatic heterocycles. The van der Waals surface area contributed by atoms with Gasteiger partial charge in [-0.1, -0.05) is 29.8 Å². The molecule has 0 radical (unpaired) electrons. The highest BCUT2D eigenvalue weighted by molar-refractivity contribution is 7.91. The molecule has 12 heteroatoms. The molecule has 0 spiro atoms. The van der Waals surface area contributed by atoms with Gasteiger partial charge in [-0.25, -0.2) is 25.6 Å². The van der Waals surface area contributed by atoms with Crippen molar-refractivity contribution in [1.29, 1.82) is 0 Å². The fourth-order valence-electron chi connectivity index (χ4n) is 4.06. The zero-order chi connectivity index (χ0) is 24.1. The molecular weight excluding hydrogens is 492 g/mol. The maximum absolute atomic E-state index is 13.8. The standard InChI is InChI=1S/C21H21ClN2O7S2/c1-13-11-23(12-14(2)31-13)33(29,30)20-17-10-15(22)8-9-18(17)24(19(20)21(25)26)32(27,28)16-6-4-3-5-7-16/h3-10,13-14H,11-12H2,1-2H3,(H,25,26)/t13-,14-/m0/s1. The van der Waals surface area contributed by atoms with Crippen LogP contribution in [0.2, 0.25) is 5.02 Å². The Morgan fingerprint density at radius 1 is 1.00 bits per heavy atom. The molecule has 1 N–H and O–H groups in total. The third-order valence-corrected chi connectivity index (χ3v) is 9.18. The minimum atomic E-state index is -4.46. The van der Waals surface area contributed by atoms with Crippen molar-refractivity contribution in [3.63, 3.8) is 0 Å². The number of carboxylic acid groups (broad SMARTS) is 1. The first kappa shape index (κ1) is 23.7. The molecule has 4 rings (SSSR count). The first-order chi connectivity index (χ1) is 15.4. The molecule has 3 aromatic rings. The van der Waals surface area contributed by atoms with Gasteiger partial charge < -0.3 is 9.84 Å². The highest BCUT2D eigenvalue weighted by Gasteiger charge is 2.41. The number of carboxylic acids is 1. The van der Waals surface area contributed by atoms with Crippen LogP contribution in [0.5, 0.6) is 0 Å². The molecule has 0 unspecified atom stereocenters. The second kappa shape index (κ2) is 8.41. The molecule has 1 aliphatic rings. The number of aromatic carboxylic acids is 1. The molecule has 0 saturated carbocycles. The van der Waals surface area contributed by atoms with Crippen LogP contribution in [0.1, 0.15) is 24.3 Å². The van der Waals surface area contributed by atoms with E-state index in [0.717, 1.165) is 4.31 Å². The van der Waals surface area contributed by atoms with E-state index in [9.17, 15) is 26.7 Å². The molecule has 0 amide bonds. The second-order valence-electron chi connectivity index (χ2n) is 7.81. The lowest BCUT2D eigenvalue weighted by Crippen LogP contribution is -2.48. The van der Waals surface area contributed by atoms with Crippen LogP contribution in [-0.4, -0.2) is 61.5 Å². The number of halogens is 1. The van der Waals surface area contributed by atoms with Crippen molar-refractivity contribution in [3.05, 3.63) is 59.2 Å². The van der Waals surface area contributed by atoms with Crippen molar-refractivity contribution < 1.29 is 31.5 Å². The average Bonchev–Trinajstić information content (AvgIpc) is 3.09. The maximum atomic E-state index is 13.8. The van der Waals surface area contributed by atoms with Gasteiger partial charge in [0.25, 0.3) is 10.0 Å². The van der Waals surface area contributed by atoms with E-state index in [1.165, 1.54) is 42.5 Å². The molecule has 0 bridgehead atoms. The van der Waals surface area contributed by atoms with E-state index in [1.54, 1.807) is 19.9 Å². The zero-order valence-electron chi connectivity index (χ0n) is 17.7. The van der Waals surface area contributed by atoms with E-state index in [4.69, 9.17) is 16.3 Å². The van der Waals surface area contributed by atoms with E-state index < -0.39 is 48.8 Å². The highest BCUT2D eigenvalue weighted by atomic mass is 35.5. The minimum absolute atomic E-state index is 0.00952. The van der Waals surface area contributed by atoms with Crippen LogP contribution in [-0.2, 0) is 24.8 Å². The number of fused-ring (bicyclic) bond motifs is 1. The number of nitrogens with zero attached hydrogens (tertiary/aromatic N) is 2. The molecule has 1 fully saturated rings. The topological polar surface area (TPSA) is 123 Å². The van der Waals surface area contributed by atoms with Crippen LogP contribution in [0.3, 0.4) is 0 Å². The van der Waals surface area contributed by atoms with E-state index in [-0.39, 0.29) is 33.9 Å². The Morgan fingerprint density at radius 3 is 2.18 bits per heavy atom. The summed E-state index contributed by atoms with van der Waals surface area (Å²) in [6.45, 7) is 3.39. The molecule has 1 aromatic heterocycles. The fourth-order valence-corrected chi connectivity index (χ4v) is 7.76. The lowest BCUT2D eigenvalue weighted by atomic mass is 10.2. The molecule has 176 valence electrons. The molecule has 2 heterocycles. The second-order valence-corrected chi connectivity index (χ2v) is 11.9. The number of sulfonamides is 1. The van der Waals surface area contributed by atoms with Gasteiger partial charge in [0.1, 0.15) is 4.90 Å². The molecular formula is C21H21ClN2O7S2. The predicted octanol–water partition coefficient (Wildman–Crippen LogP) is 3.03. The molecule has 1 saturated heterocycles. The third-order valence-electron chi connectivity index (χ3n) is 5.31. The lowest BCUT2D eigenvalue weighted by Gasteiger charge is -2.34. The number of hydrogen-bond acceptors (Lipinski definition) is 6. The molecule has 2 aromatic carbocycles. The Labute approximate surface area is 196 Å². The lowest BCUT2D eigenvalue weighted by molar-refractivity contribution is -0.0440. The highest BCUT2D eigenvalue weighted by Crippen LogP contribution is 2.37. The summed E-state index contributed by atoms with van der Waals surface area (Å²) in [7, 11) is -8.90. The van der Waals surface area contributed by atoms with Gasteiger partial charge in [0, 0.05) is 23.5 Å². The van der Waals surface area contributed by atoms with Gasteiger partial charge in [-0.2, -0.15) is 4.31 Å². The molecule has 0 aliphatic carbocycles. The summed E-state index contributed by atoms with van der Waals surface area (Å²) in [4.78, 5) is 11.6. The number of carbonyl (C=O) groups is 1. The van der Waals surface area contributed by atoms with Crippen LogP contribution in [0.25, 0.3) is 10.9 Å². The third kappa shape index (κ3) is 4.04. The normalized spacial score (nSPS) is 20.2. The first-order valence-electron chi connectivity index (χ1n) is 9.98. The van der Waals surface area contributed by atoms with Gasteiger partial charge in [0.05, 0.1) is 22.6 Å². The Hall–Kier alpha value is -2.44. The van der Waals surface area contributed by atoms with E-state index in [1.807, 2.05) is 0 Å². The van der Waals surface area contributed by atoms with Gasteiger partial charge in [-0.15, -0.1) is 0 Å². The Kier molecular flexibility index (Phi) is 6.04. The number of ether oxygens (including phenoxy) is 1. The summed E-state index contributed by atoms with van der Waals surface area (Å²) in [6, 6.07) is 11.1. The first-order valence-corrected chi connectivity index (χ1v) is 13.2. The number of aromatic nitrogens is 1. The van der Waals surface area contributed by atoms with Gasteiger partial charge in [0.15, 0.2) is 5.69 Å². The van der Waals surface area contributed by atoms with Gasteiger partial charge in [-0.05, 0) is 44.2 Å². The van der Waals surface area contributed by atoms with Crippen molar-refractivity contribution in [3.8, 4) is 0 Å². The summed E-state index contributed by atoms with van der Waals surface area (Å²) < 4.78 is 61.8. The van der Waals surface area contributed by atoms with Crippen molar-refractivity contribution in [2.75, 3.05) is 13.1 Å². The summed E-state index contributed by atoms with van der Waals surface area (Å²) in [5.41, 5.74) is -0.975. The summed E-state index contributed by atoms with van der Waals surface area (Å²) in [5.74, 6) is -1.70. The molecule has 9 nitrogen and oxygen atoms in total. The van der Waals surface area contributed by atoms with Gasteiger partial charge >= 0.3 is 5.97 Å².